The summed E-state index contributed by atoms with van der Waals surface area (Å²) in [4.78, 5) is 12.9. The maximum atomic E-state index is 12.9. The molecule has 1 heterocycles. The molecule has 34 heavy (non-hydrogen) atoms. The molecule has 4 rings (SSSR count). The molecule has 0 saturated heterocycles. The Bertz CT molecular complexity index is 1260. The molecule has 174 valence electrons. The Hall–Kier alpha value is -3.95. The zero-order valence-electron chi connectivity index (χ0n) is 17.4. The van der Waals surface area contributed by atoms with Crippen LogP contribution in [0.1, 0.15) is 16.7 Å². The second-order valence-corrected chi connectivity index (χ2v) is 7.48. The fraction of sp³-hybridized carbons (Fsp3) is 0.125. The second kappa shape index (κ2) is 8.44. The number of halogens is 6. The maximum Gasteiger partial charge on any atom is 0.416 e. The van der Waals surface area contributed by atoms with Gasteiger partial charge in [-0.25, -0.2) is 15.0 Å². The van der Waals surface area contributed by atoms with Crippen LogP contribution in [0, 0.1) is 6.92 Å². The predicted octanol–water partition coefficient (Wildman–Crippen LogP) is 6.92. The average Bonchev–Trinajstić information content (AvgIpc) is 2.78. The Morgan fingerprint density at radius 1 is 0.588 bits per heavy atom. The summed E-state index contributed by atoms with van der Waals surface area (Å²) >= 11 is 0. The van der Waals surface area contributed by atoms with Crippen molar-refractivity contribution in [2.45, 2.75) is 19.3 Å². The predicted molar refractivity (Wildman–Crippen MR) is 113 cm³/mol. The molecule has 1 aromatic heterocycles. The number of phenolic OH excluding ortho intramolecular Hbond substituents is 1. The molecule has 0 aliphatic heterocycles. The first-order valence-electron chi connectivity index (χ1n) is 9.83. The van der Waals surface area contributed by atoms with Crippen LogP contribution in [-0.2, 0) is 12.4 Å². The molecule has 3 aromatic carbocycles. The standard InChI is InChI=1S/C24H15F6N3O/c1-13-2-11-18(19(34)12-13)22-32-20(14-3-7-16(8-4-14)23(25,26)27)31-21(33-22)15-5-9-17(10-6-15)24(28,29)30/h2-12,34H,1H3. The van der Waals surface area contributed by atoms with Crippen LogP contribution in [0.4, 0.5) is 26.3 Å². The third kappa shape index (κ3) is 4.85. The quantitative estimate of drug-likeness (QED) is 0.327. The molecular weight excluding hydrogens is 460 g/mol. The molecule has 0 spiro atoms. The third-order valence-electron chi connectivity index (χ3n) is 4.97. The fourth-order valence-electron chi connectivity index (χ4n) is 3.20. The Kier molecular flexibility index (Phi) is 5.76. The summed E-state index contributed by atoms with van der Waals surface area (Å²) < 4.78 is 77.6. The van der Waals surface area contributed by atoms with Crippen molar-refractivity contribution < 1.29 is 31.4 Å². The van der Waals surface area contributed by atoms with E-state index < -0.39 is 23.5 Å². The van der Waals surface area contributed by atoms with Gasteiger partial charge in [0.1, 0.15) is 5.75 Å². The van der Waals surface area contributed by atoms with Gasteiger partial charge in [0.05, 0.1) is 16.7 Å². The molecule has 0 bridgehead atoms. The van der Waals surface area contributed by atoms with Gasteiger partial charge in [-0.1, -0.05) is 30.3 Å². The van der Waals surface area contributed by atoms with Crippen molar-refractivity contribution in [3.05, 3.63) is 83.4 Å². The second-order valence-electron chi connectivity index (χ2n) is 7.48. The highest BCUT2D eigenvalue weighted by atomic mass is 19.4. The Morgan fingerprint density at radius 3 is 1.38 bits per heavy atom. The molecule has 0 unspecified atom stereocenters. The highest BCUT2D eigenvalue weighted by Crippen LogP contribution is 2.34. The summed E-state index contributed by atoms with van der Waals surface area (Å²) in [7, 11) is 0. The Balaban J connectivity index is 1.86. The summed E-state index contributed by atoms with van der Waals surface area (Å²) in [6.07, 6.45) is -9.05. The molecule has 0 fully saturated rings. The molecule has 0 saturated carbocycles. The number of benzene rings is 3. The SMILES string of the molecule is Cc1ccc(-c2nc(-c3ccc(C(F)(F)F)cc3)nc(-c3ccc(C(F)(F)F)cc3)n2)c(O)c1. The van der Waals surface area contributed by atoms with E-state index in [1.54, 1.807) is 19.1 Å². The Labute approximate surface area is 189 Å². The van der Waals surface area contributed by atoms with E-state index in [0.29, 0.717) is 0 Å². The van der Waals surface area contributed by atoms with Crippen molar-refractivity contribution in [1.82, 2.24) is 15.0 Å². The summed E-state index contributed by atoms with van der Waals surface area (Å²) in [6, 6.07) is 13.0. The first-order chi connectivity index (χ1) is 15.9. The van der Waals surface area contributed by atoms with E-state index in [9.17, 15) is 31.4 Å². The lowest BCUT2D eigenvalue weighted by Gasteiger charge is -2.11. The number of aromatic nitrogens is 3. The maximum absolute atomic E-state index is 12.9. The van der Waals surface area contributed by atoms with Crippen molar-refractivity contribution in [2.75, 3.05) is 0 Å². The van der Waals surface area contributed by atoms with Gasteiger partial charge in [-0.15, -0.1) is 0 Å². The van der Waals surface area contributed by atoms with Gasteiger partial charge in [0.25, 0.3) is 0 Å². The van der Waals surface area contributed by atoms with Crippen LogP contribution in [-0.4, -0.2) is 20.1 Å². The van der Waals surface area contributed by atoms with Crippen LogP contribution in [0.2, 0.25) is 0 Å². The number of alkyl halides is 6. The zero-order chi connectivity index (χ0) is 24.7. The molecule has 0 radical (unpaired) electrons. The minimum absolute atomic E-state index is 0.00593. The first-order valence-corrected chi connectivity index (χ1v) is 9.83. The van der Waals surface area contributed by atoms with Crippen molar-refractivity contribution in [2.24, 2.45) is 0 Å². The van der Waals surface area contributed by atoms with E-state index in [2.05, 4.69) is 15.0 Å². The molecule has 0 aliphatic carbocycles. The normalized spacial score (nSPS) is 12.1. The summed E-state index contributed by atoms with van der Waals surface area (Å²) in [5.74, 6) is -0.137. The number of hydrogen-bond acceptors (Lipinski definition) is 4. The van der Waals surface area contributed by atoms with Gasteiger partial charge < -0.3 is 5.11 Å². The first kappa shape index (κ1) is 23.2. The van der Waals surface area contributed by atoms with E-state index >= 15 is 0 Å². The smallest absolute Gasteiger partial charge is 0.416 e. The van der Waals surface area contributed by atoms with Crippen molar-refractivity contribution in [3.8, 4) is 39.9 Å². The molecule has 0 atom stereocenters. The third-order valence-corrected chi connectivity index (χ3v) is 4.97. The van der Waals surface area contributed by atoms with Gasteiger partial charge >= 0.3 is 12.4 Å². The minimum Gasteiger partial charge on any atom is -0.507 e. The van der Waals surface area contributed by atoms with Crippen molar-refractivity contribution in [1.29, 1.82) is 0 Å². The molecule has 10 heteroatoms. The van der Waals surface area contributed by atoms with E-state index in [1.807, 2.05) is 0 Å². The topological polar surface area (TPSA) is 58.9 Å². The lowest BCUT2D eigenvalue weighted by atomic mass is 10.1. The van der Waals surface area contributed by atoms with Crippen LogP contribution in [0.3, 0.4) is 0 Å². The number of aromatic hydroxyl groups is 1. The number of phenols is 1. The highest BCUT2D eigenvalue weighted by Gasteiger charge is 2.31. The average molecular weight is 475 g/mol. The van der Waals surface area contributed by atoms with Gasteiger partial charge in [0.15, 0.2) is 17.5 Å². The van der Waals surface area contributed by atoms with Crippen molar-refractivity contribution in [3.63, 3.8) is 0 Å². The van der Waals surface area contributed by atoms with E-state index in [0.717, 1.165) is 29.8 Å². The van der Waals surface area contributed by atoms with Crippen LogP contribution in [0.5, 0.6) is 5.75 Å². The largest absolute Gasteiger partial charge is 0.507 e. The monoisotopic (exact) mass is 475 g/mol. The van der Waals surface area contributed by atoms with Crippen LogP contribution in [0.15, 0.2) is 66.7 Å². The lowest BCUT2D eigenvalue weighted by molar-refractivity contribution is -0.138. The number of rotatable bonds is 3. The van der Waals surface area contributed by atoms with Gasteiger partial charge in [-0.2, -0.15) is 26.3 Å². The van der Waals surface area contributed by atoms with E-state index in [1.165, 1.54) is 30.3 Å². The number of aryl methyl sites for hydroxylation is 1. The van der Waals surface area contributed by atoms with Crippen molar-refractivity contribution >= 4 is 0 Å². The molecule has 1 N–H and O–H groups in total. The molecule has 4 nitrogen and oxygen atoms in total. The lowest BCUT2D eigenvalue weighted by Crippen LogP contribution is -2.05. The number of nitrogens with zero attached hydrogens (tertiary/aromatic N) is 3. The van der Waals surface area contributed by atoms with Gasteiger partial charge in [-0.3, -0.25) is 0 Å². The van der Waals surface area contributed by atoms with E-state index in [4.69, 9.17) is 0 Å². The minimum atomic E-state index is -4.53. The summed E-state index contributed by atoms with van der Waals surface area (Å²) in [5.41, 5.74) is -0.252. The van der Waals surface area contributed by atoms with E-state index in [-0.39, 0.29) is 39.9 Å². The van der Waals surface area contributed by atoms with Crippen LogP contribution in [0.25, 0.3) is 34.2 Å². The summed E-state index contributed by atoms with van der Waals surface area (Å²) in [5, 5.41) is 10.4. The summed E-state index contributed by atoms with van der Waals surface area (Å²) in [6.45, 7) is 1.76. The van der Waals surface area contributed by atoms with Crippen LogP contribution < -0.4 is 0 Å². The fourth-order valence-corrected chi connectivity index (χ4v) is 3.20. The molecular formula is C24H15F6N3O. The van der Waals surface area contributed by atoms with Crippen LogP contribution >= 0.6 is 0 Å². The van der Waals surface area contributed by atoms with Gasteiger partial charge in [0, 0.05) is 11.1 Å². The Morgan fingerprint density at radius 2 is 1.00 bits per heavy atom. The zero-order valence-corrected chi connectivity index (χ0v) is 17.4. The molecule has 0 amide bonds. The van der Waals surface area contributed by atoms with Gasteiger partial charge in [-0.05, 0) is 48.9 Å². The molecule has 4 aromatic rings. The van der Waals surface area contributed by atoms with Gasteiger partial charge in [0.2, 0.25) is 0 Å². The molecule has 0 aliphatic rings. The number of hydrogen-bond donors (Lipinski definition) is 1. The highest BCUT2D eigenvalue weighted by molar-refractivity contribution is 5.70.